The first-order valence-corrected chi connectivity index (χ1v) is 49.1. The van der Waals surface area contributed by atoms with Gasteiger partial charge in [0.15, 0.2) is 0 Å². The van der Waals surface area contributed by atoms with Crippen molar-refractivity contribution in [3.8, 4) is 11.1 Å². The van der Waals surface area contributed by atoms with Crippen molar-refractivity contribution in [3.05, 3.63) is 280 Å². The Labute approximate surface area is 821 Å². The van der Waals surface area contributed by atoms with E-state index in [1.54, 1.807) is 99.6 Å². The molecule has 13 rings (SSSR count). The summed E-state index contributed by atoms with van der Waals surface area (Å²) in [5.74, 6) is -0.967. The molecule has 0 radical (unpaired) electrons. The van der Waals surface area contributed by atoms with Crippen LogP contribution in [0.15, 0.2) is 208 Å². The first-order chi connectivity index (χ1) is 66.1. The molecule has 4 amide bonds. The summed E-state index contributed by atoms with van der Waals surface area (Å²) in [5.41, 5.74) is 11.0. The summed E-state index contributed by atoms with van der Waals surface area (Å²) in [6.45, 7) is 39.9. The minimum Gasteiger partial charge on any atom is -0.481 e. The third-order valence-corrected chi connectivity index (χ3v) is 25.8. The van der Waals surface area contributed by atoms with E-state index < -0.39 is 60.2 Å². The number of aliphatic carboxylic acids is 1. The van der Waals surface area contributed by atoms with Crippen molar-refractivity contribution >= 4 is 86.5 Å². The van der Waals surface area contributed by atoms with E-state index in [0.717, 1.165) is 99.9 Å². The van der Waals surface area contributed by atoms with Crippen LogP contribution in [-0.2, 0) is 43.1 Å². The molecule has 139 heavy (non-hydrogen) atoms. The molecule has 10 aromatic rings. The molecule has 0 saturated carbocycles. The number of carboxylic acid groups (broad SMARTS) is 1. The molecule has 0 aliphatic carbocycles. The Bertz CT molecular complexity index is 6160. The number of halogens is 1. The Kier molecular flexibility index (Phi) is 39.9. The Morgan fingerprint density at radius 2 is 0.957 bits per heavy atom. The van der Waals surface area contributed by atoms with Gasteiger partial charge in [0.25, 0.3) is 22.2 Å². The van der Waals surface area contributed by atoms with Gasteiger partial charge < -0.3 is 59.5 Å². The second-order valence-electron chi connectivity index (χ2n) is 39.5. The number of ketones is 3. The lowest BCUT2D eigenvalue weighted by atomic mass is 9.97. The number of carbonyl (C=O) groups excluding carboxylic acids is 7. The molecule has 11 atom stereocenters. The third kappa shape index (κ3) is 30.8. The number of hydrogen-bond acceptors (Lipinski definition) is 19. The number of morpholine rings is 1. The predicted molar refractivity (Wildman–Crippen MR) is 549 cm³/mol. The van der Waals surface area contributed by atoms with Gasteiger partial charge in [0.1, 0.15) is 41.5 Å². The topological polar surface area (TPSA) is 351 Å². The number of nitrogens with one attached hydrogen (secondary N) is 4. The van der Waals surface area contributed by atoms with Crippen molar-refractivity contribution in [2.75, 3.05) is 54.1 Å². The highest BCUT2D eigenvalue weighted by atomic mass is 35.5. The van der Waals surface area contributed by atoms with Crippen molar-refractivity contribution in [2.45, 2.75) is 262 Å². The van der Waals surface area contributed by atoms with Gasteiger partial charge in [-0.25, -0.2) is 4.98 Å². The summed E-state index contributed by atoms with van der Waals surface area (Å²) >= 11 is 6.42. The number of ether oxygens (including phenoxy) is 1. The average molecular weight is 1920 g/mol. The minimum absolute atomic E-state index is 0.00697. The normalized spacial score (nSPS) is 16.5. The van der Waals surface area contributed by atoms with Crippen molar-refractivity contribution in [1.82, 2.24) is 54.5 Å². The number of Topliss-reactive ketones (excluding diaryl/α,β-unsaturated/α-hetero) is 3. The van der Waals surface area contributed by atoms with Crippen LogP contribution in [0.4, 0.5) is 17.1 Å². The number of pyridine rings is 5. The van der Waals surface area contributed by atoms with Gasteiger partial charge >= 0.3 is 5.97 Å². The zero-order valence-electron chi connectivity index (χ0n) is 83.9. The Balaban J connectivity index is 0.000000191. The summed E-state index contributed by atoms with van der Waals surface area (Å²) in [7, 11) is 0. The largest absolute Gasteiger partial charge is 0.481 e. The molecule has 0 unspecified atom stereocenters. The zero-order chi connectivity index (χ0) is 101. The number of nitrogens with zero attached hydrogens (tertiary/aromatic N) is 10. The fourth-order valence-corrected chi connectivity index (χ4v) is 18.8. The van der Waals surface area contributed by atoms with Gasteiger partial charge in [-0.15, -0.1) is 0 Å². The van der Waals surface area contributed by atoms with Gasteiger partial charge in [0.2, 0.25) is 23.6 Å². The highest BCUT2D eigenvalue weighted by molar-refractivity contribution is 6.33. The van der Waals surface area contributed by atoms with Gasteiger partial charge in [0.05, 0.1) is 72.4 Å². The van der Waals surface area contributed by atoms with Crippen LogP contribution in [-0.4, -0.2) is 137 Å². The highest BCUT2D eigenvalue weighted by Crippen LogP contribution is 2.37. The number of piperidine rings is 1. The zero-order valence-corrected chi connectivity index (χ0v) is 84.6. The fourth-order valence-electron chi connectivity index (χ4n) is 18.5. The summed E-state index contributed by atoms with van der Waals surface area (Å²) in [4.78, 5) is 174. The van der Waals surface area contributed by atoms with Crippen LogP contribution in [0.1, 0.15) is 267 Å². The summed E-state index contributed by atoms with van der Waals surface area (Å²) in [6, 6.07) is 39.9. The number of carboxylic acids is 1. The van der Waals surface area contributed by atoms with E-state index in [4.69, 9.17) is 16.3 Å². The number of amides is 4. The number of rotatable bonds is 36. The number of hydrogen-bond donors (Lipinski definition) is 5. The average Bonchev–Trinajstić information content (AvgIpc) is 1.43. The maximum atomic E-state index is 13.7. The number of para-hydroxylation sites is 1. The number of aryl methyl sites for hydroxylation is 4. The van der Waals surface area contributed by atoms with Gasteiger partial charge in [0, 0.05) is 140 Å². The van der Waals surface area contributed by atoms with E-state index in [0.29, 0.717) is 72.3 Å². The second-order valence-corrected chi connectivity index (χ2v) is 39.9. The molecule has 3 aliphatic rings. The molecule has 3 saturated heterocycles. The fraction of sp³-hybridized carbons (Fsp3) is 0.464. The number of aromatic nitrogens is 7. The maximum absolute atomic E-state index is 13.7. The molecule has 3 aliphatic heterocycles. The Morgan fingerprint density at radius 1 is 0.468 bits per heavy atom. The molecule has 5 N–H and O–H groups in total. The molecule has 3 fully saturated rings. The van der Waals surface area contributed by atoms with Crippen molar-refractivity contribution in [2.24, 2.45) is 29.6 Å². The van der Waals surface area contributed by atoms with E-state index >= 15 is 0 Å². The van der Waals surface area contributed by atoms with E-state index in [-0.39, 0.29) is 113 Å². The Hall–Kier alpha value is -12.8. The van der Waals surface area contributed by atoms with Crippen molar-refractivity contribution < 1.29 is 48.2 Å². The van der Waals surface area contributed by atoms with Crippen LogP contribution in [0.5, 0.6) is 0 Å². The van der Waals surface area contributed by atoms with Crippen molar-refractivity contribution in [1.29, 1.82) is 0 Å². The lowest BCUT2D eigenvalue weighted by Crippen LogP contribution is -2.44. The van der Waals surface area contributed by atoms with E-state index in [2.05, 4.69) is 96.0 Å². The van der Waals surface area contributed by atoms with E-state index in [1.807, 2.05) is 138 Å². The van der Waals surface area contributed by atoms with Gasteiger partial charge in [-0.2, -0.15) is 0 Å². The lowest BCUT2D eigenvalue weighted by Gasteiger charge is -2.36. The molecule has 6 aromatic heterocycles. The first-order valence-electron chi connectivity index (χ1n) is 48.8. The quantitative estimate of drug-likeness (QED) is 0.0243. The molecular formula is C110H141ClN14O14. The first kappa shape index (κ1) is 108. The standard InChI is InChI=1S/C30H38N4O3.C27H30ClN3O4.C27H38N4O4.C26H35N3O3/c1-20(2)15-28(34-19-31-26-13-6-5-12-25(26)30(34)37)29(36)32-27(16-22(4)35)23-10-7-11-24(17-23)33-14-8-9-21(3)18-33;1-16(2)10-23(31-9-8-17(3)11-24(31)32)27(35)30-22(13-25(33)34)19-12-20(15-29-14-19)26-18(4)6-5-7-21(26)28;1-17(2)11-25(31-8-7-18(3)12-26(31)33)27(34)29-23(13-20(5)32)22-14-24(21(6)28-15-22)30-9-10-35-16-19(30)4;1-18(2)15-24(29-13-6-5-12-25(29)31)26(32)27-23(16-20(4)30)21-10-7-11-22(17-21)28-14-8-9-19(28)3/h5-7,10-13,17,19-21,27-28H,8-9,14-16,18H2,1-4H3,(H,32,36);5-9,11-12,14-16,22-23H,10,13H2,1-4H3,(H,30,35)(H,33,34);7-8,12,14-15,17,19,23,25H,9-11,13,16H2,1-6H3,(H,29,34);5-7,10-13,17-19,23-24H,8-9,14-16H2,1-4H3,(H,27,32)/t21-,27-,28-;22-,23+;19-,23-,25+;19-,23-,24+/m0000/s1. The maximum Gasteiger partial charge on any atom is 0.305 e. The van der Waals surface area contributed by atoms with Gasteiger partial charge in [-0.3, -0.25) is 72.1 Å². The molecule has 4 aromatic carbocycles. The molecule has 9 heterocycles. The highest BCUT2D eigenvalue weighted by Gasteiger charge is 2.35. The van der Waals surface area contributed by atoms with Crippen LogP contribution in [0.2, 0.25) is 5.02 Å². The molecular weight excluding hydrogens is 1780 g/mol. The number of anilines is 3. The predicted octanol–water partition coefficient (Wildman–Crippen LogP) is 17.9. The van der Waals surface area contributed by atoms with Gasteiger partial charge in [-0.05, 0) is 255 Å². The summed E-state index contributed by atoms with van der Waals surface area (Å²) < 4.78 is 11.4. The number of fused-ring (bicyclic) bond motifs is 1. The van der Waals surface area contributed by atoms with Gasteiger partial charge in [-0.1, -0.05) is 129 Å². The minimum atomic E-state index is -1.07. The molecule has 742 valence electrons. The summed E-state index contributed by atoms with van der Waals surface area (Å²) in [6.07, 6.45) is 18.2. The summed E-state index contributed by atoms with van der Waals surface area (Å²) in [5, 5.41) is 22.7. The number of carbonyl (C=O) groups is 8. The lowest BCUT2D eigenvalue weighted by molar-refractivity contribution is -0.138. The van der Waals surface area contributed by atoms with Crippen LogP contribution >= 0.6 is 11.6 Å². The SMILES string of the molecule is CC(=O)C[C@H](NC(=O)[C@@H](CC(C)C)n1ccc(C)cc1=O)c1cnc(C)c(N2CCOC[C@@H]2C)c1.CC(=O)C[C@H](NC(=O)[C@@H](CC(C)C)n1ccccc1=O)c1cccc(N2CCC[C@@H]2C)c1.CC(=O)C[C@H](NC(=O)[C@H](CC(C)C)n1cnc2ccccc2c1=O)c1cccc(N2CCC[C@H](C)C2)c1.Cc1ccn([C@H](CC(C)C)C(=O)N[C@@H](CC(=O)O)c2cncc(-c3c(C)cccc3Cl)c2)c(=O)c1. The van der Waals surface area contributed by atoms with Crippen molar-refractivity contribution in [3.63, 3.8) is 0 Å². The monoisotopic (exact) mass is 1920 g/mol. The third-order valence-electron chi connectivity index (χ3n) is 25.5. The van der Waals surface area contributed by atoms with Crippen LogP contribution in [0, 0.1) is 57.3 Å². The molecule has 28 nitrogen and oxygen atoms in total. The number of benzene rings is 4. The molecule has 29 heteroatoms. The molecule has 0 bridgehead atoms. The van der Waals surface area contributed by atoms with Crippen LogP contribution < -0.4 is 58.2 Å². The Morgan fingerprint density at radius 3 is 1.45 bits per heavy atom. The van der Waals surface area contributed by atoms with E-state index in [1.165, 1.54) is 69.0 Å². The molecule has 0 spiro atoms. The van der Waals surface area contributed by atoms with Crippen LogP contribution in [0.3, 0.4) is 0 Å². The second kappa shape index (κ2) is 51.2. The smallest absolute Gasteiger partial charge is 0.305 e. The van der Waals surface area contributed by atoms with E-state index in [9.17, 15) is 62.6 Å². The van der Waals surface area contributed by atoms with Crippen LogP contribution in [0.25, 0.3) is 22.0 Å².